The van der Waals surface area contributed by atoms with E-state index in [1.165, 1.54) is 23.9 Å². The number of ether oxygens (including phenoxy) is 1. The van der Waals surface area contributed by atoms with Crippen LogP contribution in [0, 0.1) is 0 Å². The van der Waals surface area contributed by atoms with Crippen molar-refractivity contribution in [3.8, 4) is 16.9 Å². The van der Waals surface area contributed by atoms with Gasteiger partial charge in [0.05, 0.1) is 12.0 Å². The summed E-state index contributed by atoms with van der Waals surface area (Å²) in [6.07, 6.45) is 2.11. The van der Waals surface area contributed by atoms with Gasteiger partial charge in [0.25, 0.3) is 5.91 Å². The first-order valence-corrected chi connectivity index (χ1v) is 10.6. The van der Waals surface area contributed by atoms with E-state index < -0.39 is 23.5 Å². The number of carboxylic acid groups (broad SMARTS) is 1. The summed E-state index contributed by atoms with van der Waals surface area (Å²) >= 11 is 1.48. The van der Waals surface area contributed by atoms with Crippen LogP contribution in [0.5, 0.6) is 5.75 Å². The summed E-state index contributed by atoms with van der Waals surface area (Å²) in [7, 11) is 0. The smallest absolute Gasteiger partial charge is 0.336 e. The molecule has 0 saturated carbocycles. The Morgan fingerprint density at radius 3 is 2.63 bits per heavy atom. The van der Waals surface area contributed by atoms with E-state index in [-0.39, 0.29) is 13.0 Å². The van der Waals surface area contributed by atoms with Crippen LogP contribution in [0.3, 0.4) is 0 Å². The third kappa shape index (κ3) is 5.42. The Morgan fingerprint density at radius 1 is 1.17 bits per heavy atom. The molecule has 0 aliphatic heterocycles. The molecule has 7 nitrogen and oxygen atoms in total. The number of thioether (sulfide) groups is 1. The maximum atomic E-state index is 12.0. The van der Waals surface area contributed by atoms with Gasteiger partial charge < -0.3 is 24.4 Å². The van der Waals surface area contributed by atoms with Crippen molar-refractivity contribution >= 4 is 34.6 Å². The number of nitrogens with one attached hydrogen (secondary N) is 1. The highest BCUT2D eigenvalue weighted by molar-refractivity contribution is 7.98. The summed E-state index contributed by atoms with van der Waals surface area (Å²) in [5.74, 6) is -1.02. The van der Waals surface area contributed by atoms with Crippen molar-refractivity contribution in [1.29, 1.82) is 0 Å². The first-order chi connectivity index (χ1) is 14.5. The van der Waals surface area contributed by atoms with Crippen LogP contribution in [0.25, 0.3) is 22.1 Å². The van der Waals surface area contributed by atoms with Gasteiger partial charge in [0.1, 0.15) is 11.3 Å². The van der Waals surface area contributed by atoms with Gasteiger partial charge in [-0.1, -0.05) is 30.3 Å². The van der Waals surface area contributed by atoms with E-state index in [4.69, 9.17) is 9.15 Å². The molecule has 3 rings (SSSR count). The maximum Gasteiger partial charge on any atom is 0.336 e. The molecule has 1 amide bonds. The van der Waals surface area contributed by atoms with Crippen molar-refractivity contribution in [1.82, 2.24) is 5.32 Å². The van der Waals surface area contributed by atoms with Crippen LogP contribution in [0.1, 0.15) is 6.42 Å². The number of hydrogen-bond acceptors (Lipinski definition) is 7. The van der Waals surface area contributed by atoms with E-state index in [0.29, 0.717) is 17.1 Å². The van der Waals surface area contributed by atoms with Crippen molar-refractivity contribution in [2.45, 2.75) is 12.5 Å². The fraction of sp³-hybridized carbons (Fsp3) is 0.227. The number of benzene rings is 2. The number of carbonyl (C=O) groups is 2. The molecule has 0 aliphatic carbocycles. The number of hydrogen-bond donors (Lipinski definition) is 1. The Labute approximate surface area is 177 Å². The largest absolute Gasteiger partial charge is 0.548 e. The molecule has 1 unspecified atom stereocenters. The van der Waals surface area contributed by atoms with Crippen LogP contribution < -0.4 is 20.8 Å². The molecule has 156 valence electrons. The standard InChI is InChI=1S/C22H21NO6S/c1-30-10-9-18(22(26)27)23-20(24)13-28-15-7-8-16-17(14-5-3-2-4-6-14)12-21(25)29-19(16)11-15/h2-8,11-12,18H,9-10,13H2,1H3,(H,23,24)(H,26,27)/p-1. The van der Waals surface area contributed by atoms with Gasteiger partial charge in [-0.2, -0.15) is 11.8 Å². The Morgan fingerprint density at radius 2 is 1.93 bits per heavy atom. The summed E-state index contributed by atoms with van der Waals surface area (Å²) in [5.41, 5.74) is 1.44. The summed E-state index contributed by atoms with van der Waals surface area (Å²) in [6.45, 7) is -0.378. The minimum atomic E-state index is -1.33. The number of carboxylic acids is 1. The Kier molecular flexibility index (Phi) is 7.13. The second kappa shape index (κ2) is 9.98. The third-order valence-electron chi connectivity index (χ3n) is 4.40. The van der Waals surface area contributed by atoms with E-state index in [0.717, 1.165) is 16.5 Å². The minimum Gasteiger partial charge on any atom is -0.548 e. The van der Waals surface area contributed by atoms with E-state index in [9.17, 15) is 19.5 Å². The Hall–Kier alpha value is -3.26. The minimum absolute atomic E-state index is 0.263. The molecule has 1 heterocycles. The van der Waals surface area contributed by atoms with Crippen molar-refractivity contribution in [2.24, 2.45) is 0 Å². The SMILES string of the molecule is CSCCC(NC(=O)COc1ccc2c(-c3ccccc3)cc(=O)oc2c1)C(=O)[O-]. The van der Waals surface area contributed by atoms with Gasteiger partial charge in [-0.05, 0) is 41.7 Å². The highest BCUT2D eigenvalue weighted by Crippen LogP contribution is 2.29. The third-order valence-corrected chi connectivity index (χ3v) is 5.05. The molecule has 2 aromatic carbocycles. The van der Waals surface area contributed by atoms with Gasteiger partial charge in [-0.3, -0.25) is 4.79 Å². The van der Waals surface area contributed by atoms with Crippen molar-refractivity contribution in [3.63, 3.8) is 0 Å². The molecule has 8 heteroatoms. The highest BCUT2D eigenvalue weighted by Gasteiger charge is 2.14. The molecule has 0 fully saturated rings. The number of rotatable bonds is 9. The first kappa shape index (κ1) is 21.4. The van der Waals surface area contributed by atoms with Crippen LogP contribution in [-0.2, 0) is 9.59 Å². The Bertz CT molecular complexity index is 1100. The van der Waals surface area contributed by atoms with Crippen LogP contribution in [0.4, 0.5) is 0 Å². The van der Waals surface area contributed by atoms with Crippen LogP contribution in [0.2, 0.25) is 0 Å². The lowest BCUT2D eigenvalue weighted by Gasteiger charge is -2.19. The predicted molar refractivity (Wildman–Crippen MR) is 113 cm³/mol. The second-order valence-corrected chi connectivity index (χ2v) is 7.50. The molecule has 0 saturated heterocycles. The molecular weight excluding hydrogens is 406 g/mol. The lowest BCUT2D eigenvalue weighted by Crippen LogP contribution is -2.49. The molecule has 30 heavy (non-hydrogen) atoms. The van der Waals surface area contributed by atoms with Crippen molar-refractivity contribution in [3.05, 3.63) is 65.0 Å². The lowest BCUT2D eigenvalue weighted by atomic mass is 10.0. The van der Waals surface area contributed by atoms with Crippen LogP contribution in [-0.4, -0.2) is 36.5 Å². The zero-order valence-corrected chi connectivity index (χ0v) is 17.1. The average molecular weight is 426 g/mol. The van der Waals surface area contributed by atoms with Gasteiger partial charge >= 0.3 is 5.63 Å². The topological polar surface area (TPSA) is 109 Å². The second-order valence-electron chi connectivity index (χ2n) is 6.51. The summed E-state index contributed by atoms with van der Waals surface area (Å²) in [4.78, 5) is 35.2. The number of amides is 1. The van der Waals surface area contributed by atoms with Gasteiger partial charge in [0, 0.05) is 17.5 Å². The van der Waals surface area contributed by atoms with Gasteiger partial charge in [-0.25, -0.2) is 4.79 Å². The van der Waals surface area contributed by atoms with Crippen LogP contribution in [0.15, 0.2) is 63.8 Å². The normalized spacial score (nSPS) is 11.8. The fourth-order valence-electron chi connectivity index (χ4n) is 2.96. The maximum absolute atomic E-state index is 12.0. The summed E-state index contributed by atoms with van der Waals surface area (Å²) in [6, 6.07) is 14.7. The highest BCUT2D eigenvalue weighted by atomic mass is 32.2. The Balaban J connectivity index is 1.74. The molecular formula is C22H20NO6S-. The van der Waals surface area contributed by atoms with E-state index in [1.807, 2.05) is 36.6 Å². The quantitative estimate of drug-likeness (QED) is 0.520. The lowest BCUT2D eigenvalue weighted by molar-refractivity contribution is -0.308. The predicted octanol–water partition coefficient (Wildman–Crippen LogP) is 1.83. The van der Waals surface area contributed by atoms with Gasteiger partial charge in [0.2, 0.25) is 0 Å². The van der Waals surface area contributed by atoms with E-state index >= 15 is 0 Å². The monoisotopic (exact) mass is 426 g/mol. The molecule has 3 aromatic rings. The molecule has 0 aliphatic rings. The van der Waals surface area contributed by atoms with Crippen molar-refractivity contribution in [2.75, 3.05) is 18.6 Å². The van der Waals surface area contributed by atoms with Gasteiger partial charge in [-0.15, -0.1) is 0 Å². The molecule has 0 radical (unpaired) electrons. The molecule has 0 spiro atoms. The summed E-state index contributed by atoms with van der Waals surface area (Å²) in [5, 5.41) is 14.2. The first-order valence-electron chi connectivity index (χ1n) is 9.23. The summed E-state index contributed by atoms with van der Waals surface area (Å²) < 4.78 is 10.7. The molecule has 1 N–H and O–H groups in total. The number of carbonyl (C=O) groups excluding carboxylic acids is 2. The van der Waals surface area contributed by atoms with Gasteiger partial charge in [0.15, 0.2) is 6.61 Å². The average Bonchev–Trinajstić information content (AvgIpc) is 2.74. The molecule has 0 bridgehead atoms. The van der Waals surface area contributed by atoms with Crippen LogP contribution >= 0.6 is 11.8 Å². The van der Waals surface area contributed by atoms with E-state index in [1.54, 1.807) is 12.1 Å². The zero-order valence-electron chi connectivity index (χ0n) is 16.3. The van der Waals surface area contributed by atoms with Crippen molar-refractivity contribution < 1.29 is 23.8 Å². The number of aliphatic carboxylic acids is 1. The zero-order chi connectivity index (χ0) is 21.5. The molecule has 1 atom stereocenters. The van der Waals surface area contributed by atoms with E-state index in [2.05, 4.69) is 5.32 Å². The number of fused-ring (bicyclic) bond motifs is 1. The molecule has 1 aromatic heterocycles. The fourth-order valence-corrected chi connectivity index (χ4v) is 3.43.